The van der Waals surface area contributed by atoms with Crippen molar-refractivity contribution < 1.29 is 4.79 Å². The molecule has 1 amide bonds. The Morgan fingerprint density at radius 2 is 1.84 bits per heavy atom. The number of nitrogens with zero attached hydrogens (tertiary/aromatic N) is 2. The van der Waals surface area contributed by atoms with Gasteiger partial charge in [0.1, 0.15) is 6.04 Å². The van der Waals surface area contributed by atoms with Crippen LogP contribution in [0.4, 0.5) is 0 Å². The van der Waals surface area contributed by atoms with Crippen LogP contribution in [0.1, 0.15) is 49.9 Å². The minimum absolute atomic E-state index is 0.323. The number of aryl methyl sites for hydroxylation is 1. The molecule has 1 unspecified atom stereocenters. The fourth-order valence-corrected chi connectivity index (χ4v) is 4.49. The van der Waals surface area contributed by atoms with E-state index in [1.54, 1.807) is 28.8 Å². The predicted octanol–water partition coefficient (Wildman–Crippen LogP) is 3.39. The third kappa shape index (κ3) is 3.26. The van der Waals surface area contributed by atoms with Gasteiger partial charge in [-0.15, -0.1) is 0 Å². The molecule has 0 fully saturated rings. The molecule has 2 aromatic carbocycles. The second kappa shape index (κ2) is 7.91. The van der Waals surface area contributed by atoms with E-state index < -0.39 is 23.2 Å². The maximum atomic E-state index is 13.7. The average molecular weight is 418 g/mol. The number of hydrogen-bond acceptors (Lipinski definition) is 3. The van der Waals surface area contributed by atoms with Gasteiger partial charge in [-0.25, -0.2) is 9.36 Å². The smallest absolute Gasteiger partial charge is 0.332 e. The molecule has 2 aromatic heterocycles. The van der Waals surface area contributed by atoms with Crippen LogP contribution in [-0.4, -0.2) is 20.0 Å². The number of fused-ring (bicyclic) bond motifs is 2. The molecule has 0 radical (unpaired) electrons. The minimum atomic E-state index is -0.988. The Kier molecular flexibility index (Phi) is 5.27. The summed E-state index contributed by atoms with van der Waals surface area (Å²) < 4.78 is 2.63. The summed E-state index contributed by atoms with van der Waals surface area (Å²) in [5.41, 5.74) is 8.12. The number of amides is 1. The molecule has 0 bridgehead atoms. The zero-order valence-electron chi connectivity index (χ0n) is 17.9. The van der Waals surface area contributed by atoms with Gasteiger partial charge < -0.3 is 10.7 Å². The molecule has 2 atom stereocenters. The Hall–Kier alpha value is -3.61. The molecule has 2 heterocycles. The van der Waals surface area contributed by atoms with Crippen LogP contribution in [0.2, 0.25) is 0 Å². The zero-order valence-corrected chi connectivity index (χ0v) is 17.9. The van der Waals surface area contributed by atoms with Crippen molar-refractivity contribution in [1.82, 2.24) is 14.1 Å². The van der Waals surface area contributed by atoms with Crippen molar-refractivity contribution in [3.63, 3.8) is 0 Å². The molecule has 160 valence electrons. The first kappa shape index (κ1) is 20.7. The molecule has 4 rings (SSSR count). The SMILES string of the molecule is CCC[C@H](C(N)=O)n1c(=O)c2ccccc2n(C(C)c2c[nH]c3cccc(C)c23)c1=O. The number of nitrogens with two attached hydrogens (primary N) is 1. The van der Waals surface area contributed by atoms with Gasteiger partial charge in [-0.3, -0.25) is 14.2 Å². The normalized spacial score (nSPS) is 13.5. The van der Waals surface area contributed by atoms with Gasteiger partial charge in [-0.2, -0.15) is 0 Å². The molecule has 0 aliphatic heterocycles. The van der Waals surface area contributed by atoms with E-state index in [0.29, 0.717) is 23.7 Å². The average Bonchev–Trinajstić information content (AvgIpc) is 3.18. The number of aromatic amines is 1. The molecule has 7 nitrogen and oxygen atoms in total. The molecule has 4 aromatic rings. The molecule has 0 saturated heterocycles. The van der Waals surface area contributed by atoms with E-state index in [9.17, 15) is 14.4 Å². The summed E-state index contributed by atoms with van der Waals surface area (Å²) in [6.07, 6.45) is 2.84. The Morgan fingerprint density at radius 1 is 1.10 bits per heavy atom. The standard InChI is InChI=1S/C24H26N4O3/c1-4-8-20(22(25)29)28-23(30)16-10-5-6-12-19(16)27(24(28)31)15(3)17-13-26-18-11-7-9-14(2)21(17)18/h5-7,9-13,15,20,26H,4,8H2,1-3H3,(H2,25,29)/t15?,20-/m1/s1. The Labute approximate surface area is 179 Å². The summed E-state index contributed by atoms with van der Waals surface area (Å²) >= 11 is 0. The highest BCUT2D eigenvalue weighted by Crippen LogP contribution is 2.30. The summed E-state index contributed by atoms with van der Waals surface area (Å²) in [7, 11) is 0. The quantitative estimate of drug-likeness (QED) is 0.502. The topological polar surface area (TPSA) is 103 Å². The lowest BCUT2D eigenvalue weighted by molar-refractivity contribution is -0.121. The lowest BCUT2D eigenvalue weighted by Crippen LogP contribution is -2.46. The van der Waals surface area contributed by atoms with Crippen molar-refractivity contribution in [3.05, 3.63) is 80.6 Å². The molecular formula is C24H26N4O3. The Balaban J connectivity index is 2.07. The van der Waals surface area contributed by atoms with Gasteiger partial charge in [0.15, 0.2) is 0 Å². The van der Waals surface area contributed by atoms with E-state index in [0.717, 1.165) is 26.6 Å². The zero-order chi connectivity index (χ0) is 22.3. The number of rotatable bonds is 6. The first-order chi connectivity index (χ1) is 14.9. The van der Waals surface area contributed by atoms with Gasteiger partial charge in [0.25, 0.3) is 5.56 Å². The number of para-hydroxylation sites is 1. The largest absolute Gasteiger partial charge is 0.368 e. The second-order valence-corrected chi connectivity index (χ2v) is 7.97. The summed E-state index contributed by atoms with van der Waals surface area (Å²) in [5.74, 6) is -0.682. The monoisotopic (exact) mass is 418 g/mol. The maximum Gasteiger partial charge on any atom is 0.332 e. The summed E-state index contributed by atoms with van der Waals surface area (Å²) in [5, 5.41) is 1.43. The van der Waals surface area contributed by atoms with Gasteiger partial charge in [-0.05, 0) is 44.0 Å². The first-order valence-electron chi connectivity index (χ1n) is 10.5. The van der Waals surface area contributed by atoms with Crippen molar-refractivity contribution in [2.24, 2.45) is 5.73 Å². The molecular weight excluding hydrogens is 392 g/mol. The van der Waals surface area contributed by atoms with Crippen LogP contribution in [0.25, 0.3) is 21.8 Å². The number of primary amides is 1. The van der Waals surface area contributed by atoms with E-state index in [-0.39, 0.29) is 6.04 Å². The number of carbonyl (C=O) groups is 1. The van der Waals surface area contributed by atoms with Crippen LogP contribution in [0, 0.1) is 6.92 Å². The number of nitrogens with one attached hydrogen (secondary N) is 1. The first-order valence-corrected chi connectivity index (χ1v) is 10.5. The summed E-state index contributed by atoms with van der Waals surface area (Å²) in [6.45, 7) is 5.84. The fraction of sp³-hybridized carbons (Fsp3) is 0.292. The Bertz CT molecular complexity index is 1410. The van der Waals surface area contributed by atoms with Crippen molar-refractivity contribution in [1.29, 1.82) is 0 Å². The van der Waals surface area contributed by atoms with Crippen molar-refractivity contribution in [2.75, 3.05) is 0 Å². The molecule has 0 spiro atoms. The number of hydrogen-bond donors (Lipinski definition) is 2. The van der Waals surface area contributed by atoms with Crippen LogP contribution >= 0.6 is 0 Å². The van der Waals surface area contributed by atoms with E-state index in [4.69, 9.17) is 5.73 Å². The van der Waals surface area contributed by atoms with Crippen molar-refractivity contribution >= 4 is 27.7 Å². The number of aromatic nitrogens is 3. The van der Waals surface area contributed by atoms with Crippen LogP contribution in [0.3, 0.4) is 0 Å². The van der Waals surface area contributed by atoms with Gasteiger partial charge in [0.2, 0.25) is 5.91 Å². The van der Waals surface area contributed by atoms with Crippen molar-refractivity contribution in [3.8, 4) is 0 Å². The van der Waals surface area contributed by atoms with Gasteiger partial charge in [-0.1, -0.05) is 37.6 Å². The van der Waals surface area contributed by atoms with Crippen LogP contribution in [-0.2, 0) is 4.79 Å². The van der Waals surface area contributed by atoms with Crippen LogP contribution in [0.15, 0.2) is 58.3 Å². The summed E-state index contributed by atoms with van der Waals surface area (Å²) in [6, 6.07) is 11.6. The minimum Gasteiger partial charge on any atom is -0.368 e. The molecule has 31 heavy (non-hydrogen) atoms. The van der Waals surface area contributed by atoms with Gasteiger partial charge in [0.05, 0.1) is 16.9 Å². The number of benzene rings is 2. The third-order valence-corrected chi connectivity index (χ3v) is 6.01. The predicted molar refractivity (Wildman–Crippen MR) is 122 cm³/mol. The van der Waals surface area contributed by atoms with E-state index in [2.05, 4.69) is 4.98 Å². The van der Waals surface area contributed by atoms with Gasteiger partial charge in [0, 0.05) is 22.7 Å². The Morgan fingerprint density at radius 3 is 2.55 bits per heavy atom. The summed E-state index contributed by atoms with van der Waals surface area (Å²) in [4.78, 5) is 42.4. The fourth-order valence-electron chi connectivity index (χ4n) is 4.49. The van der Waals surface area contributed by atoms with E-state index in [1.807, 2.05) is 45.2 Å². The maximum absolute atomic E-state index is 13.7. The second-order valence-electron chi connectivity index (χ2n) is 7.97. The highest BCUT2D eigenvalue weighted by atomic mass is 16.2. The van der Waals surface area contributed by atoms with Gasteiger partial charge >= 0.3 is 5.69 Å². The van der Waals surface area contributed by atoms with Crippen LogP contribution < -0.4 is 17.0 Å². The lowest BCUT2D eigenvalue weighted by atomic mass is 10.0. The van der Waals surface area contributed by atoms with E-state index in [1.165, 1.54) is 0 Å². The van der Waals surface area contributed by atoms with Crippen molar-refractivity contribution in [2.45, 2.75) is 45.7 Å². The highest BCUT2D eigenvalue weighted by Gasteiger charge is 2.26. The molecule has 7 heteroatoms. The van der Waals surface area contributed by atoms with E-state index >= 15 is 0 Å². The highest BCUT2D eigenvalue weighted by molar-refractivity contribution is 5.87. The molecule has 3 N–H and O–H groups in total. The molecule has 0 saturated carbocycles. The number of carbonyl (C=O) groups excluding carboxylic acids is 1. The molecule has 0 aliphatic carbocycles. The lowest BCUT2D eigenvalue weighted by Gasteiger charge is -2.23. The molecule has 0 aliphatic rings. The third-order valence-electron chi connectivity index (χ3n) is 6.01. The van der Waals surface area contributed by atoms with Crippen LogP contribution in [0.5, 0.6) is 0 Å². The number of H-pyrrole nitrogens is 1.